The van der Waals surface area contributed by atoms with Crippen LogP contribution >= 0.6 is 22.9 Å². The maximum atomic E-state index is 12.0. The van der Waals surface area contributed by atoms with Crippen molar-refractivity contribution >= 4 is 45.7 Å². The number of aryl methyl sites for hydroxylation is 1. The SMILES string of the molecule is CCOC(=O)c1sc(NC(=O)CCCNC(=O)c2ccc(Cl)cc2)cc1C. The second-order valence-electron chi connectivity index (χ2n) is 5.76. The fourth-order valence-corrected chi connectivity index (χ4v) is 3.41. The van der Waals surface area contributed by atoms with Crippen LogP contribution in [0.3, 0.4) is 0 Å². The van der Waals surface area contributed by atoms with Crippen molar-refractivity contribution in [2.24, 2.45) is 0 Å². The second kappa shape index (κ2) is 10.1. The molecule has 2 N–H and O–H groups in total. The summed E-state index contributed by atoms with van der Waals surface area (Å²) in [6, 6.07) is 8.33. The largest absolute Gasteiger partial charge is 0.462 e. The standard InChI is InChI=1S/C19H21ClN2O4S/c1-3-26-19(25)17-12(2)11-16(27-17)22-15(23)5-4-10-21-18(24)13-6-8-14(20)9-7-13/h6-9,11H,3-5,10H2,1-2H3,(H,21,24)(H,22,23). The molecular weight excluding hydrogens is 388 g/mol. The number of esters is 1. The van der Waals surface area contributed by atoms with Gasteiger partial charge in [0.25, 0.3) is 5.91 Å². The molecule has 1 heterocycles. The van der Waals surface area contributed by atoms with Gasteiger partial charge in [-0.3, -0.25) is 9.59 Å². The van der Waals surface area contributed by atoms with Gasteiger partial charge in [0.15, 0.2) is 0 Å². The Morgan fingerprint density at radius 1 is 1.19 bits per heavy atom. The van der Waals surface area contributed by atoms with E-state index in [2.05, 4.69) is 10.6 Å². The summed E-state index contributed by atoms with van der Waals surface area (Å²) >= 11 is 6.98. The smallest absolute Gasteiger partial charge is 0.348 e. The number of carbonyl (C=O) groups is 3. The fourth-order valence-electron chi connectivity index (χ4n) is 2.30. The molecule has 0 spiro atoms. The summed E-state index contributed by atoms with van der Waals surface area (Å²) in [4.78, 5) is 36.3. The number of ether oxygens (including phenoxy) is 1. The van der Waals surface area contributed by atoms with Crippen LogP contribution in [0.4, 0.5) is 5.00 Å². The van der Waals surface area contributed by atoms with Gasteiger partial charge in [-0.05, 0) is 56.2 Å². The number of halogens is 1. The minimum Gasteiger partial charge on any atom is -0.462 e. The van der Waals surface area contributed by atoms with E-state index in [0.717, 1.165) is 5.56 Å². The first-order chi connectivity index (χ1) is 12.9. The number of benzene rings is 1. The molecule has 0 atom stereocenters. The van der Waals surface area contributed by atoms with Crippen molar-refractivity contribution in [3.8, 4) is 0 Å². The lowest BCUT2D eigenvalue weighted by atomic mass is 10.2. The first kappa shape index (κ1) is 20.9. The van der Waals surface area contributed by atoms with E-state index in [9.17, 15) is 14.4 Å². The van der Waals surface area contributed by atoms with Crippen LogP contribution in [-0.4, -0.2) is 30.9 Å². The monoisotopic (exact) mass is 408 g/mol. The molecule has 0 saturated carbocycles. The molecule has 0 radical (unpaired) electrons. The van der Waals surface area contributed by atoms with Crippen molar-refractivity contribution in [1.82, 2.24) is 5.32 Å². The third-order valence-corrected chi connectivity index (χ3v) is 5.00. The Balaban J connectivity index is 1.75. The van der Waals surface area contributed by atoms with E-state index in [1.54, 1.807) is 44.2 Å². The molecule has 1 aromatic carbocycles. The Morgan fingerprint density at radius 2 is 1.89 bits per heavy atom. The van der Waals surface area contributed by atoms with Crippen LogP contribution < -0.4 is 10.6 Å². The van der Waals surface area contributed by atoms with Gasteiger partial charge < -0.3 is 15.4 Å². The van der Waals surface area contributed by atoms with Crippen molar-refractivity contribution in [1.29, 1.82) is 0 Å². The summed E-state index contributed by atoms with van der Waals surface area (Å²) in [5.41, 5.74) is 1.29. The van der Waals surface area contributed by atoms with E-state index in [-0.39, 0.29) is 24.2 Å². The van der Waals surface area contributed by atoms with Crippen molar-refractivity contribution in [2.45, 2.75) is 26.7 Å². The summed E-state index contributed by atoms with van der Waals surface area (Å²) in [5, 5.41) is 6.70. The summed E-state index contributed by atoms with van der Waals surface area (Å²) in [6.45, 7) is 4.23. The number of hydrogen-bond donors (Lipinski definition) is 2. The third kappa shape index (κ3) is 6.37. The van der Waals surface area contributed by atoms with Crippen LogP contribution in [0.15, 0.2) is 30.3 Å². The van der Waals surface area contributed by atoms with Gasteiger partial charge in [-0.25, -0.2) is 4.79 Å². The van der Waals surface area contributed by atoms with Gasteiger partial charge in [-0.15, -0.1) is 11.3 Å². The van der Waals surface area contributed by atoms with Gasteiger partial charge in [0.05, 0.1) is 11.6 Å². The van der Waals surface area contributed by atoms with Crippen LogP contribution in [0.25, 0.3) is 0 Å². The zero-order valence-corrected chi connectivity index (χ0v) is 16.7. The quantitative estimate of drug-likeness (QED) is 0.510. The number of thiophene rings is 1. The molecule has 0 aliphatic carbocycles. The number of nitrogens with one attached hydrogen (secondary N) is 2. The average Bonchev–Trinajstić information content (AvgIpc) is 2.99. The van der Waals surface area contributed by atoms with Crippen molar-refractivity contribution in [2.75, 3.05) is 18.5 Å². The van der Waals surface area contributed by atoms with Crippen molar-refractivity contribution in [3.05, 3.63) is 51.4 Å². The summed E-state index contributed by atoms with van der Waals surface area (Å²) in [5.74, 6) is -0.766. The number of rotatable bonds is 8. The van der Waals surface area contributed by atoms with E-state index >= 15 is 0 Å². The number of anilines is 1. The Bertz CT molecular complexity index is 818. The van der Waals surface area contributed by atoms with E-state index in [1.807, 2.05) is 0 Å². The molecule has 0 bridgehead atoms. The van der Waals surface area contributed by atoms with Crippen molar-refractivity contribution in [3.63, 3.8) is 0 Å². The van der Waals surface area contributed by atoms with Crippen LogP contribution in [0, 0.1) is 6.92 Å². The molecule has 2 aromatic rings. The highest BCUT2D eigenvalue weighted by atomic mass is 35.5. The molecule has 0 saturated heterocycles. The highest BCUT2D eigenvalue weighted by Crippen LogP contribution is 2.27. The minimum atomic E-state index is -0.384. The second-order valence-corrected chi connectivity index (χ2v) is 7.25. The molecule has 0 aliphatic rings. The van der Waals surface area contributed by atoms with E-state index < -0.39 is 0 Å². The highest BCUT2D eigenvalue weighted by Gasteiger charge is 2.15. The van der Waals surface area contributed by atoms with Gasteiger partial charge in [0.2, 0.25) is 5.91 Å². The first-order valence-corrected chi connectivity index (χ1v) is 9.71. The zero-order chi connectivity index (χ0) is 19.8. The topological polar surface area (TPSA) is 84.5 Å². The maximum Gasteiger partial charge on any atom is 0.348 e. The Kier molecular flexibility index (Phi) is 7.82. The van der Waals surface area contributed by atoms with Crippen LogP contribution in [0.1, 0.15) is 45.4 Å². The molecule has 0 fully saturated rings. The number of hydrogen-bond acceptors (Lipinski definition) is 5. The Morgan fingerprint density at radius 3 is 2.56 bits per heavy atom. The van der Waals surface area contributed by atoms with Gasteiger partial charge in [0, 0.05) is 23.6 Å². The zero-order valence-electron chi connectivity index (χ0n) is 15.1. The summed E-state index contributed by atoms with van der Waals surface area (Å²) in [7, 11) is 0. The molecule has 2 rings (SSSR count). The number of amides is 2. The molecule has 144 valence electrons. The van der Waals surface area contributed by atoms with E-state index in [0.29, 0.717) is 40.0 Å². The molecule has 27 heavy (non-hydrogen) atoms. The molecule has 1 aromatic heterocycles. The Labute approximate surface area is 166 Å². The predicted octanol–water partition coefficient (Wildman–Crippen LogP) is 4.04. The maximum absolute atomic E-state index is 12.0. The van der Waals surface area contributed by atoms with Gasteiger partial charge in [-0.1, -0.05) is 11.6 Å². The molecular formula is C19H21ClN2O4S. The lowest BCUT2D eigenvalue weighted by Gasteiger charge is -2.06. The normalized spacial score (nSPS) is 10.3. The highest BCUT2D eigenvalue weighted by molar-refractivity contribution is 7.18. The summed E-state index contributed by atoms with van der Waals surface area (Å²) in [6.07, 6.45) is 0.757. The third-order valence-electron chi connectivity index (χ3n) is 3.61. The Hall–Kier alpha value is -2.38. The van der Waals surface area contributed by atoms with Crippen LogP contribution in [0.5, 0.6) is 0 Å². The van der Waals surface area contributed by atoms with Crippen LogP contribution in [-0.2, 0) is 9.53 Å². The average molecular weight is 409 g/mol. The lowest BCUT2D eigenvalue weighted by Crippen LogP contribution is -2.25. The van der Waals surface area contributed by atoms with Gasteiger partial charge in [-0.2, -0.15) is 0 Å². The number of carbonyl (C=O) groups excluding carboxylic acids is 3. The lowest BCUT2D eigenvalue weighted by molar-refractivity contribution is -0.116. The van der Waals surface area contributed by atoms with Gasteiger partial charge >= 0.3 is 5.97 Å². The van der Waals surface area contributed by atoms with E-state index in [4.69, 9.17) is 16.3 Å². The molecule has 2 amide bonds. The molecule has 0 aliphatic heterocycles. The molecule has 0 unspecified atom stereocenters. The predicted molar refractivity (Wildman–Crippen MR) is 107 cm³/mol. The van der Waals surface area contributed by atoms with Crippen molar-refractivity contribution < 1.29 is 19.1 Å². The van der Waals surface area contributed by atoms with Crippen LogP contribution in [0.2, 0.25) is 5.02 Å². The fraction of sp³-hybridized carbons (Fsp3) is 0.316. The minimum absolute atomic E-state index is 0.174. The first-order valence-electron chi connectivity index (χ1n) is 8.52. The molecule has 8 heteroatoms. The van der Waals surface area contributed by atoms with Gasteiger partial charge in [0.1, 0.15) is 4.88 Å². The summed E-state index contributed by atoms with van der Waals surface area (Å²) < 4.78 is 4.98. The molecule has 6 nitrogen and oxygen atoms in total. The van der Waals surface area contributed by atoms with E-state index in [1.165, 1.54) is 11.3 Å².